The molecule has 7 heteroatoms. The van der Waals surface area contributed by atoms with Crippen molar-refractivity contribution in [3.63, 3.8) is 0 Å². The fourth-order valence-electron chi connectivity index (χ4n) is 8.56. The molecule has 4 aromatic carbocycles. The molecule has 1 saturated heterocycles. The van der Waals surface area contributed by atoms with Crippen molar-refractivity contribution in [3.8, 4) is 22.9 Å². The predicted octanol–water partition coefficient (Wildman–Crippen LogP) is 11.8. The summed E-state index contributed by atoms with van der Waals surface area (Å²) in [4.78, 5) is 9.88. The number of fused-ring (bicyclic) bond motifs is 4. The first kappa shape index (κ1) is 38.6. The minimum atomic E-state index is 0.0156. The average molecular weight is 927 g/mol. The Labute approximate surface area is 344 Å². The molecule has 0 saturated carbocycles. The van der Waals surface area contributed by atoms with Crippen molar-refractivity contribution in [2.24, 2.45) is 5.92 Å². The van der Waals surface area contributed by atoms with Gasteiger partial charge in [-0.25, -0.2) is 0 Å². The van der Waals surface area contributed by atoms with Crippen LogP contribution in [0.3, 0.4) is 0 Å². The van der Waals surface area contributed by atoms with Gasteiger partial charge >= 0.3 is 277 Å². The van der Waals surface area contributed by atoms with Gasteiger partial charge in [-0.05, 0) is 30.6 Å². The fourth-order valence-corrected chi connectivity index (χ4v) is 9.69. The molecule has 2 atom stereocenters. The van der Waals surface area contributed by atoms with Crippen LogP contribution in [0, 0.1) is 9.72 Å². The summed E-state index contributed by atoms with van der Waals surface area (Å²) in [6.45, 7) is 23.8. The van der Waals surface area contributed by atoms with Gasteiger partial charge in [-0.3, -0.25) is 0 Å². The summed E-state index contributed by atoms with van der Waals surface area (Å²) in [7, 11) is 2.25. The topological polar surface area (TPSA) is 38.5 Å². The van der Waals surface area contributed by atoms with Crippen LogP contribution in [0.2, 0.25) is 0 Å². The van der Waals surface area contributed by atoms with Crippen LogP contribution in [0.25, 0.3) is 22.4 Å². The van der Waals surface area contributed by atoms with Crippen LogP contribution in [0.15, 0.2) is 103 Å². The number of hydrogen-bond acceptors (Lipinski definition) is 4. The van der Waals surface area contributed by atoms with E-state index in [1.54, 1.807) is 0 Å². The molecule has 1 fully saturated rings. The van der Waals surface area contributed by atoms with Crippen molar-refractivity contribution >= 4 is 22.5 Å². The zero-order valence-corrected chi connectivity index (χ0v) is 37.0. The molecule has 0 aliphatic carbocycles. The van der Waals surface area contributed by atoms with Gasteiger partial charge in [-0.1, -0.05) is 20.8 Å². The number of ether oxygens (including phenoxy) is 1. The summed E-state index contributed by atoms with van der Waals surface area (Å²) in [5, 5.41) is 0. The van der Waals surface area contributed by atoms with E-state index < -0.39 is 0 Å². The summed E-state index contributed by atoms with van der Waals surface area (Å²) >= 11 is 2.50. The first-order valence-corrected chi connectivity index (χ1v) is 21.3. The van der Waals surface area contributed by atoms with Gasteiger partial charge in [0.25, 0.3) is 0 Å². The predicted molar refractivity (Wildman–Crippen MR) is 228 cm³/mol. The summed E-state index contributed by atoms with van der Waals surface area (Å²) < 4.78 is 12.7. The first-order chi connectivity index (χ1) is 26.5. The Hall–Kier alpha value is -4.25. The summed E-state index contributed by atoms with van der Waals surface area (Å²) in [5.41, 5.74) is 11.2. The number of imidazole rings is 1. The van der Waals surface area contributed by atoms with E-state index >= 15 is 0 Å². The molecular weight excluding hydrogens is 870 g/mol. The molecule has 2 aliphatic heterocycles. The monoisotopic (exact) mass is 926 g/mol. The van der Waals surface area contributed by atoms with Gasteiger partial charge in [0, 0.05) is 12.7 Å². The molecule has 2 unspecified atom stereocenters. The van der Waals surface area contributed by atoms with Crippen LogP contribution >= 0.6 is 0 Å². The number of hydrogen-bond donors (Lipinski definition) is 0. The Morgan fingerprint density at radius 1 is 0.643 bits per heavy atom. The van der Waals surface area contributed by atoms with Gasteiger partial charge in [0.05, 0.1) is 0 Å². The molecule has 0 radical (unpaired) electrons. The molecule has 56 heavy (non-hydrogen) atoms. The second kappa shape index (κ2) is 14.3. The molecule has 6 aromatic rings. The van der Waals surface area contributed by atoms with Crippen LogP contribution in [0.1, 0.15) is 96.9 Å². The van der Waals surface area contributed by atoms with Crippen molar-refractivity contribution < 1.29 is 24.1 Å². The van der Waals surface area contributed by atoms with Crippen LogP contribution in [0.4, 0.5) is 11.5 Å². The fraction of sp³-hybridized carbons (Fsp3) is 0.388. The zero-order chi connectivity index (χ0) is 39.7. The number of pyridine rings is 1. The van der Waals surface area contributed by atoms with E-state index in [9.17, 15) is 0 Å². The third-order valence-electron chi connectivity index (χ3n) is 11.9. The number of likely N-dealkylation sites (tertiary alicyclic amines) is 1. The normalized spacial score (nSPS) is 17.9. The minimum Gasteiger partial charge on any atom is 0.00296 e. The average Bonchev–Trinajstić information content (AvgIpc) is 3.44. The van der Waals surface area contributed by atoms with Crippen LogP contribution in [-0.2, 0) is 35.6 Å². The maximum atomic E-state index is 6.79. The van der Waals surface area contributed by atoms with Crippen molar-refractivity contribution in [1.29, 1.82) is 0 Å². The van der Waals surface area contributed by atoms with Gasteiger partial charge in [-0.2, -0.15) is 0 Å². The second-order valence-corrected chi connectivity index (χ2v) is 20.2. The van der Waals surface area contributed by atoms with E-state index in [-0.39, 0.29) is 16.2 Å². The molecular formula is C49H57N5OPt. The Morgan fingerprint density at radius 3 is 1.95 bits per heavy atom. The summed E-state index contributed by atoms with van der Waals surface area (Å²) in [6, 6.07) is 35.6. The van der Waals surface area contributed by atoms with E-state index in [0.29, 0.717) is 11.8 Å². The maximum absolute atomic E-state index is 6.79. The number of piperidine rings is 1. The number of anilines is 2. The molecule has 0 spiro atoms. The van der Waals surface area contributed by atoms with Gasteiger partial charge in [0.15, 0.2) is 0 Å². The smallest absolute Gasteiger partial charge is 0.00296 e. The van der Waals surface area contributed by atoms with Crippen LogP contribution < -0.4 is 9.64 Å². The molecule has 0 N–H and O–H groups in total. The Morgan fingerprint density at radius 2 is 1.29 bits per heavy atom. The number of nitrogens with zero attached hydrogens (tertiary/aromatic N) is 5. The van der Waals surface area contributed by atoms with Crippen molar-refractivity contribution in [1.82, 2.24) is 19.0 Å². The number of para-hydroxylation sites is 2. The number of rotatable bonds is 5. The molecule has 2 aromatic heterocycles. The number of aromatic nitrogens is 3. The molecule has 0 amide bonds. The molecule has 0 bridgehead atoms. The Balaban J connectivity index is 1.19. The first-order valence-electron chi connectivity index (χ1n) is 20.1. The third-order valence-corrected chi connectivity index (χ3v) is 12.9. The third kappa shape index (κ3) is 7.36. The van der Waals surface area contributed by atoms with Crippen LogP contribution in [-0.4, -0.2) is 45.7 Å². The van der Waals surface area contributed by atoms with E-state index in [2.05, 4.69) is 205 Å². The Bertz CT molecular complexity index is 2460. The second-order valence-electron chi connectivity index (χ2n) is 19.2. The molecule has 4 heterocycles. The summed E-state index contributed by atoms with van der Waals surface area (Å²) in [5.74, 6) is 3.72. The quantitative estimate of drug-likeness (QED) is 0.173. The molecule has 294 valence electrons. The molecule has 2 aliphatic rings. The standard InChI is InChI=1S/C49H57N5O.Pt/c1-47(2,3)34-20-22-50-46(27-34)52-31-33-30-51(10)23-21-41(33)42-19-18-40(29-45(42)52)55-39-15-13-14-37(28-39)53-32-54(44-17-12-11-16-43(44)53)38-25-35(48(4,5)6)24-36(26-38)49(7,8)9;/h11-20,22,24-29,33,41H,21,23,30-31H2,1-10H3;. The number of benzene rings is 4. The van der Waals surface area contributed by atoms with Crippen molar-refractivity contribution in [2.45, 2.75) is 90.9 Å². The van der Waals surface area contributed by atoms with E-state index in [1.807, 2.05) is 6.20 Å². The van der Waals surface area contributed by atoms with Gasteiger partial charge in [0.1, 0.15) is 0 Å². The van der Waals surface area contributed by atoms with Crippen LogP contribution in [0.5, 0.6) is 11.5 Å². The molecule has 6 nitrogen and oxygen atoms in total. The van der Waals surface area contributed by atoms with Gasteiger partial charge in [-0.15, -0.1) is 0 Å². The van der Waals surface area contributed by atoms with Crippen molar-refractivity contribution in [3.05, 3.63) is 129 Å². The van der Waals surface area contributed by atoms with Gasteiger partial charge < -0.3 is 4.90 Å². The van der Waals surface area contributed by atoms with E-state index in [1.165, 1.54) is 45.6 Å². The Kier molecular flexibility index (Phi) is 9.85. The minimum absolute atomic E-state index is 0.0156. The van der Waals surface area contributed by atoms with Crippen molar-refractivity contribution in [2.75, 3.05) is 31.6 Å². The molecule has 8 rings (SSSR count). The summed E-state index contributed by atoms with van der Waals surface area (Å²) in [6.07, 6.45) is 3.14. The van der Waals surface area contributed by atoms with E-state index in [0.717, 1.165) is 52.0 Å². The van der Waals surface area contributed by atoms with E-state index in [4.69, 9.17) is 9.72 Å². The van der Waals surface area contributed by atoms with Gasteiger partial charge in [0.2, 0.25) is 0 Å². The zero-order valence-electron chi connectivity index (χ0n) is 34.8. The SMILES string of the molecule is CN1CCC2c3ccc(Oc4cccc(-n5[c](=[Pt])n(-c6cc(C(C)(C)C)cc(C(C)(C)C)c6)c6ccccc65)c4)cc3N(c3cc(C(C)(C)C)ccn3)CC2C1.